The standard InChI is InChI=1S/C22H18N2O5/c25-19(23-15-10-8-13(9-11-15)22(28)29)14-4-3-5-16(12-14)24-20(26)17-6-1-2-7-18(17)21(24)27/h1-5,8-12,17-18H,6-7H2,(H,23,25)(H,28,29)/t17-,18+. The summed E-state index contributed by atoms with van der Waals surface area (Å²) >= 11 is 0. The van der Waals surface area contributed by atoms with Crippen LogP contribution < -0.4 is 10.2 Å². The zero-order chi connectivity index (χ0) is 20.5. The molecule has 1 aliphatic carbocycles. The van der Waals surface area contributed by atoms with Crippen LogP contribution in [0.1, 0.15) is 33.6 Å². The van der Waals surface area contributed by atoms with Gasteiger partial charge in [0.1, 0.15) is 0 Å². The van der Waals surface area contributed by atoms with Gasteiger partial charge in [0, 0.05) is 11.3 Å². The van der Waals surface area contributed by atoms with Gasteiger partial charge in [-0.15, -0.1) is 0 Å². The largest absolute Gasteiger partial charge is 0.478 e. The van der Waals surface area contributed by atoms with Crippen molar-refractivity contribution >= 4 is 35.1 Å². The van der Waals surface area contributed by atoms with Gasteiger partial charge in [0.2, 0.25) is 11.8 Å². The van der Waals surface area contributed by atoms with Gasteiger partial charge in [-0.1, -0.05) is 18.2 Å². The lowest BCUT2D eigenvalue weighted by Crippen LogP contribution is -2.31. The third-order valence-corrected chi connectivity index (χ3v) is 5.26. The highest BCUT2D eigenvalue weighted by atomic mass is 16.4. The Labute approximate surface area is 166 Å². The van der Waals surface area contributed by atoms with E-state index in [1.54, 1.807) is 18.2 Å². The zero-order valence-electron chi connectivity index (χ0n) is 15.4. The van der Waals surface area contributed by atoms with Crippen LogP contribution in [0.25, 0.3) is 0 Å². The molecule has 29 heavy (non-hydrogen) atoms. The van der Waals surface area contributed by atoms with Crippen molar-refractivity contribution in [3.8, 4) is 0 Å². The fourth-order valence-corrected chi connectivity index (χ4v) is 3.74. The lowest BCUT2D eigenvalue weighted by atomic mass is 9.85. The highest BCUT2D eigenvalue weighted by molar-refractivity contribution is 6.22. The summed E-state index contributed by atoms with van der Waals surface area (Å²) in [6.45, 7) is 0. The molecule has 2 N–H and O–H groups in total. The number of carbonyl (C=O) groups is 4. The van der Waals surface area contributed by atoms with E-state index >= 15 is 0 Å². The Morgan fingerprint density at radius 1 is 0.897 bits per heavy atom. The van der Waals surface area contributed by atoms with E-state index in [9.17, 15) is 19.2 Å². The number of hydrogen-bond acceptors (Lipinski definition) is 4. The van der Waals surface area contributed by atoms with Crippen LogP contribution in [0, 0.1) is 11.8 Å². The van der Waals surface area contributed by atoms with Gasteiger partial charge in [0.05, 0.1) is 23.1 Å². The predicted molar refractivity (Wildman–Crippen MR) is 106 cm³/mol. The Balaban J connectivity index is 1.54. The van der Waals surface area contributed by atoms with Crippen LogP contribution in [-0.4, -0.2) is 28.8 Å². The van der Waals surface area contributed by atoms with E-state index in [0.717, 1.165) is 0 Å². The summed E-state index contributed by atoms with van der Waals surface area (Å²) < 4.78 is 0. The minimum absolute atomic E-state index is 0.118. The monoisotopic (exact) mass is 390 g/mol. The van der Waals surface area contributed by atoms with Gasteiger partial charge in [-0.2, -0.15) is 0 Å². The number of benzene rings is 2. The molecule has 0 aromatic heterocycles. The number of nitrogens with zero attached hydrogens (tertiary/aromatic N) is 1. The van der Waals surface area contributed by atoms with Gasteiger partial charge < -0.3 is 10.4 Å². The maximum atomic E-state index is 12.7. The molecule has 4 rings (SSSR count). The van der Waals surface area contributed by atoms with E-state index in [2.05, 4.69) is 5.32 Å². The van der Waals surface area contributed by atoms with Crippen LogP contribution in [0.15, 0.2) is 60.7 Å². The van der Waals surface area contributed by atoms with Crippen molar-refractivity contribution in [2.75, 3.05) is 10.2 Å². The number of anilines is 2. The van der Waals surface area contributed by atoms with E-state index in [-0.39, 0.29) is 29.2 Å². The van der Waals surface area contributed by atoms with Gasteiger partial charge >= 0.3 is 5.97 Å². The number of carboxylic acid groups (broad SMARTS) is 1. The number of fused-ring (bicyclic) bond motifs is 1. The van der Waals surface area contributed by atoms with Crippen molar-refractivity contribution in [3.63, 3.8) is 0 Å². The van der Waals surface area contributed by atoms with Crippen molar-refractivity contribution < 1.29 is 24.3 Å². The Kier molecular flexibility index (Phi) is 4.72. The van der Waals surface area contributed by atoms with Crippen molar-refractivity contribution in [2.24, 2.45) is 11.8 Å². The SMILES string of the molecule is O=C(O)c1ccc(NC(=O)c2cccc(N3C(=O)[C@H]4CC=CC[C@H]4C3=O)c2)cc1. The first-order chi connectivity index (χ1) is 14.0. The average molecular weight is 390 g/mol. The number of aromatic carboxylic acids is 1. The minimum Gasteiger partial charge on any atom is -0.478 e. The van der Waals surface area contributed by atoms with Crippen LogP contribution in [0.4, 0.5) is 11.4 Å². The molecule has 1 fully saturated rings. The molecule has 0 unspecified atom stereocenters. The second kappa shape index (κ2) is 7.35. The van der Waals surface area contributed by atoms with Crippen molar-refractivity contribution in [2.45, 2.75) is 12.8 Å². The van der Waals surface area contributed by atoms with Crippen LogP contribution in [0.3, 0.4) is 0 Å². The van der Waals surface area contributed by atoms with E-state index < -0.39 is 11.9 Å². The van der Waals surface area contributed by atoms with Crippen molar-refractivity contribution in [1.82, 2.24) is 0 Å². The molecule has 1 aliphatic heterocycles. The predicted octanol–water partition coefficient (Wildman–Crippen LogP) is 3.09. The third-order valence-electron chi connectivity index (χ3n) is 5.26. The number of carboxylic acids is 1. The molecule has 2 atom stereocenters. The Hall–Kier alpha value is -3.74. The van der Waals surface area contributed by atoms with Crippen LogP contribution in [-0.2, 0) is 9.59 Å². The van der Waals surface area contributed by atoms with Crippen molar-refractivity contribution in [3.05, 3.63) is 71.8 Å². The molecule has 2 aromatic carbocycles. The van der Waals surface area contributed by atoms with E-state index in [0.29, 0.717) is 29.8 Å². The summed E-state index contributed by atoms with van der Waals surface area (Å²) in [6, 6.07) is 12.1. The number of nitrogens with one attached hydrogen (secondary N) is 1. The number of rotatable bonds is 4. The summed E-state index contributed by atoms with van der Waals surface area (Å²) in [5.74, 6) is -2.60. The fraction of sp³-hybridized carbons (Fsp3) is 0.182. The molecule has 0 spiro atoms. The van der Waals surface area contributed by atoms with Crippen LogP contribution in [0.5, 0.6) is 0 Å². The summed E-state index contributed by atoms with van der Waals surface area (Å²) in [4.78, 5) is 50.1. The van der Waals surface area contributed by atoms with E-state index in [1.165, 1.54) is 35.2 Å². The van der Waals surface area contributed by atoms with Crippen LogP contribution in [0.2, 0.25) is 0 Å². The third kappa shape index (κ3) is 3.42. The highest BCUT2D eigenvalue weighted by Crippen LogP contribution is 2.37. The normalized spacial score (nSPS) is 20.5. The molecule has 1 heterocycles. The Morgan fingerprint density at radius 2 is 1.52 bits per heavy atom. The quantitative estimate of drug-likeness (QED) is 0.617. The number of carbonyl (C=O) groups excluding carboxylic acids is 3. The molecular formula is C22H18N2O5. The number of hydrogen-bond donors (Lipinski definition) is 2. The zero-order valence-corrected chi connectivity index (χ0v) is 15.4. The summed E-state index contributed by atoms with van der Waals surface area (Å²) in [5.41, 5.74) is 1.23. The van der Waals surface area contributed by atoms with Gasteiger partial charge in [-0.05, 0) is 55.3 Å². The molecular weight excluding hydrogens is 372 g/mol. The smallest absolute Gasteiger partial charge is 0.335 e. The molecule has 0 radical (unpaired) electrons. The molecule has 146 valence electrons. The summed E-state index contributed by atoms with van der Waals surface area (Å²) in [6.07, 6.45) is 4.96. The fourth-order valence-electron chi connectivity index (χ4n) is 3.74. The number of amides is 3. The second-order valence-electron chi connectivity index (χ2n) is 7.05. The Bertz CT molecular complexity index is 1020. The van der Waals surface area contributed by atoms with Gasteiger partial charge in [-0.3, -0.25) is 19.3 Å². The molecule has 1 saturated heterocycles. The molecule has 7 nitrogen and oxygen atoms in total. The van der Waals surface area contributed by atoms with E-state index in [1.807, 2.05) is 12.2 Å². The van der Waals surface area contributed by atoms with Gasteiger partial charge in [-0.25, -0.2) is 4.79 Å². The molecule has 0 bridgehead atoms. The summed E-state index contributed by atoms with van der Waals surface area (Å²) in [5, 5.41) is 11.6. The highest BCUT2D eigenvalue weighted by Gasteiger charge is 2.47. The first kappa shape index (κ1) is 18.6. The number of imide groups is 1. The molecule has 0 saturated carbocycles. The topological polar surface area (TPSA) is 104 Å². The maximum Gasteiger partial charge on any atom is 0.335 e. The summed E-state index contributed by atoms with van der Waals surface area (Å²) in [7, 11) is 0. The van der Waals surface area contributed by atoms with Gasteiger partial charge in [0.25, 0.3) is 5.91 Å². The molecule has 2 aromatic rings. The minimum atomic E-state index is -1.05. The Morgan fingerprint density at radius 3 is 2.10 bits per heavy atom. The maximum absolute atomic E-state index is 12.7. The lowest BCUT2D eigenvalue weighted by molar-refractivity contribution is -0.122. The lowest BCUT2D eigenvalue weighted by Gasteiger charge is -2.16. The second-order valence-corrected chi connectivity index (χ2v) is 7.05. The molecule has 3 amide bonds. The van der Waals surface area contributed by atoms with Crippen LogP contribution >= 0.6 is 0 Å². The first-order valence-electron chi connectivity index (χ1n) is 9.23. The first-order valence-corrected chi connectivity index (χ1v) is 9.23. The van der Waals surface area contributed by atoms with Crippen molar-refractivity contribution in [1.29, 1.82) is 0 Å². The molecule has 7 heteroatoms. The number of allylic oxidation sites excluding steroid dienone is 2. The average Bonchev–Trinajstić information content (AvgIpc) is 2.99. The van der Waals surface area contributed by atoms with Gasteiger partial charge in [0.15, 0.2) is 0 Å². The molecule has 2 aliphatic rings. The van der Waals surface area contributed by atoms with E-state index in [4.69, 9.17) is 5.11 Å².